The van der Waals surface area contributed by atoms with E-state index in [1.165, 1.54) is 0 Å². The molecule has 0 heterocycles. The molecule has 0 unspecified atom stereocenters. The SMILES string of the molecule is COc1ccc(OCCNC(=O)C(=O)Nc2ccc(C(F)(F)F)cc2)cc1. The zero-order valence-electron chi connectivity index (χ0n) is 14.3. The number of anilines is 1. The molecule has 0 aromatic heterocycles. The molecule has 2 aromatic carbocycles. The highest BCUT2D eigenvalue weighted by atomic mass is 19.4. The molecule has 0 fully saturated rings. The van der Waals surface area contributed by atoms with Gasteiger partial charge in [0.15, 0.2) is 0 Å². The van der Waals surface area contributed by atoms with Crippen LogP contribution in [0.4, 0.5) is 18.9 Å². The molecule has 0 aliphatic heterocycles. The third-order valence-electron chi connectivity index (χ3n) is 3.39. The van der Waals surface area contributed by atoms with Gasteiger partial charge in [-0.25, -0.2) is 0 Å². The Balaban J connectivity index is 1.74. The summed E-state index contributed by atoms with van der Waals surface area (Å²) in [5.74, 6) is -0.665. The molecule has 2 N–H and O–H groups in total. The normalized spacial score (nSPS) is 10.8. The lowest BCUT2D eigenvalue weighted by atomic mass is 10.2. The summed E-state index contributed by atoms with van der Waals surface area (Å²) in [6.45, 7) is 0.205. The maximum Gasteiger partial charge on any atom is 0.416 e. The molecule has 0 radical (unpaired) electrons. The van der Waals surface area contributed by atoms with E-state index in [-0.39, 0.29) is 18.8 Å². The Labute approximate surface area is 153 Å². The van der Waals surface area contributed by atoms with Gasteiger partial charge in [-0.05, 0) is 48.5 Å². The minimum Gasteiger partial charge on any atom is -0.497 e. The van der Waals surface area contributed by atoms with Gasteiger partial charge in [-0.1, -0.05) is 0 Å². The summed E-state index contributed by atoms with van der Waals surface area (Å²) in [5.41, 5.74) is -0.765. The molecular formula is C18H17F3N2O4. The van der Waals surface area contributed by atoms with Crippen LogP contribution in [0.2, 0.25) is 0 Å². The van der Waals surface area contributed by atoms with Crippen molar-refractivity contribution in [2.75, 3.05) is 25.6 Å². The van der Waals surface area contributed by atoms with Gasteiger partial charge in [0, 0.05) is 5.69 Å². The zero-order chi connectivity index (χ0) is 19.9. The first-order chi connectivity index (χ1) is 12.8. The number of halogens is 3. The number of carbonyl (C=O) groups is 2. The second kappa shape index (κ2) is 8.93. The highest BCUT2D eigenvalue weighted by Crippen LogP contribution is 2.29. The number of benzene rings is 2. The van der Waals surface area contributed by atoms with Crippen molar-refractivity contribution in [1.29, 1.82) is 0 Å². The number of amides is 2. The van der Waals surface area contributed by atoms with Gasteiger partial charge in [-0.15, -0.1) is 0 Å². The van der Waals surface area contributed by atoms with E-state index in [0.29, 0.717) is 11.5 Å². The van der Waals surface area contributed by atoms with Crippen LogP contribution in [-0.4, -0.2) is 32.1 Å². The predicted molar refractivity (Wildman–Crippen MR) is 91.6 cm³/mol. The van der Waals surface area contributed by atoms with Gasteiger partial charge < -0.3 is 20.1 Å². The molecule has 27 heavy (non-hydrogen) atoms. The predicted octanol–water partition coefficient (Wildman–Crippen LogP) is 2.85. The Bertz CT molecular complexity index is 775. The quantitative estimate of drug-likeness (QED) is 0.595. The average Bonchev–Trinajstić information content (AvgIpc) is 2.65. The first kappa shape index (κ1) is 20.1. The van der Waals surface area contributed by atoms with Crippen LogP contribution in [-0.2, 0) is 15.8 Å². The Morgan fingerprint density at radius 2 is 1.52 bits per heavy atom. The van der Waals surface area contributed by atoms with Gasteiger partial charge >= 0.3 is 18.0 Å². The minimum atomic E-state index is -4.47. The fourth-order valence-corrected chi connectivity index (χ4v) is 2.02. The van der Waals surface area contributed by atoms with Crippen molar-refractivity contribution in [2.24, 2.45) is 0 Å². The molecule has 0 aliphatic carbocycles. The van der Waals surface area contributed by atoms with E-state index in [1.54, 1.807) is 31.4 Å². The van der Waals surface area contributed by atoms with Crippen LogP contribution in [0.1, 0.15) is 5.56 Å². The van der Waals surface area contributed by atoms with Crippen LogP contribution in [0, 0.1) is 0 Å². The summed E-state index contributed by atoms with van der Waals surface area (Å²) in [7, 11) is 1.54. The van der Waals surface area contributed by atoms with E-state index in [9.17, 15) is 22.8 Å². The second-order valence-corrected chi connectivity index (χ2v) is 5.31. The molecule has 2 amide bonds. The monoisotopic (exact) mass is 382 g/mol. The van der Waals surface area contributed by atoms with Gasteiger partial charge in [0.25, 0.3) is 0 Å². The van der Waals surface area contributed by atoms with Crippen molar-refractivity contribution in [3.05, 3.63) is 54.1 Å². The van der Waals surface area contributed by atoms with Crippen molar-refractivity contribution >= 4 is 17.5 Å². The molecule has 0 saturated heterocycles. The summed E-state index contributed by atoms with van der Waals surface area (Å²) in [5, 5.41) is 4.57. The smallest absolute Gasteiger partial charge is 0.416 e. The van der Waals surface area contributed by atoms with Crippen LogP contribution in [0.3, 0.4) is 0 Å². The first-order valence-corrected chi connectivity index (χ1v) is 7.83. The number of hydrogen-bond acceptors (Lipinski definition) is 4. The van der Waals surface area contributed by atoms with Crippen molar-refractivity contribution in [2.45, 2.75) is 6.18 Å². The number of alkyl halides is 3. The van der Waals surface area contributed by atoms with E-state index in [0.717, 1.165) is 24.3 Å². The minimum absolute atomic E-state index is 0.0747. The molecule has 0 atom stereocenters. The van der Waals surface area contributed by atoms with Gasteiger partial charge in [-0.2, -0.15) is 13.2 Å². The van der Waals surface area contributed by atoms with E-state index in [4.69, 9.17) is 9.47 Å². The Hall–Kier alpha value is -3.23. The van der Waals surface area contributed by atoms with Crippen molar-refractivity contribution < 1.29 is 32.2 Å². The van der Waals surface area contributed by atoms with Crippen LogP contribution >= 0.6 is 0 Å². The molecule has 0 spiro atoms. The summed E-state index contributed by atoms with van der Waals surface area (Å²) < 4.78 is 47.8. The van der Waals surface area contributed by atoms with E-state index >= 15 is 0 Å². The molecule has 2 rings (SSSR count). The standard InChI is InChI=1S/C18H17F3N2O4/c1-26-14-6-8-15(9-7-14)27-11-10-22-16(24)17(25)23-13-4-2-12(3-5-13)18(19,20)21/h2-9H,10-11H2,1H3,(H,22,24)(H,23,25). The van der Waals surface area contributed by atoms with Crippen molar-refractivity contribution in [3.63, 3.8) is 0 Å². The maximum atomic E-state index is 12.5. The lowest BCUT2D eigenvalue weighted by Gasteiger charge is -2.10. The first-order valence-electron chi connectivity index (χ1n) is 7.83. The Morgan fingerprint density at radius 3 is 2.07 bits per heavy atom. The summed E-state index contributed by atoms with van der Waals surface area (Å²) in [6, 6.07) is 10.6. The van der Waals surface area contributed by atoms with Gasteiger partial charge in [-0.3, -0.25) is 9.59 Å². The number of ether oxygens (including phenoxy) is 2. The van der Waals surface area contributed by atoms with E-state index in [2.05, 4.69) is 10.6 Å². The fraction of sp³-hybridized carbons (Fsp3) is 0.222. The maximum absolute atomic E-state index is 12.5. The van der Waals surface area contributed by atoms with Gasteiger partial charge in [0.1, 0.15) is 18.1 Å². The zero-order valence-corrected chi connectivity index (χ0v) is 14.3. The largest absolute Gasteiger partial charge is 0.497 e. The molecule has 0 saturated carbocycles. The number of nitrogens with one attached hydrogen (secondary N) is 2. The van der Waals surface area contributed by atoms with Crippen LogP contribution in [0.15, 0.2) is 48.5 Å². The summed E-state index contributed by atoms with van der Waals surface area (Å²) in [4.78, 5) is 23.4. The highest BCUT2D eigenvalue weighted by Gasteiger charge is 2.30. The highest BCUT2D eigenvalue weighted by molar-refractivity contribution is 6.39. The third kappa shape index (κ3) is 6.21. The van der Waals surface area contributed by atoms with Crippen LogP contribution in [0.5, 0.6) is 11.5 Å². The van der Waals surface area contributed by atoms with Crippen molar-refractivity contribution in [1.82, 2.24) is 5.32 Å². The number of hydrogen-bond donors (Lipinski definition) is 2. The molecular weight excluding hydrogens is 365 g/mol. The number of rotatable bonds is 6. The topological polar surface area (TPSA) is 76.7 Å². The van der Waals surface area contributed by atoms with Crippen LogP contribution < -0.4 is 20.1 Å². The van der Waals surface area contributed by atoms with Crippen molar-refractivity contribution in [3.8, 4) is 11.5 Å². The molecule has 144 valence electrons. The fourth-order valence-electron chi connectivity index (χ4n) is 2.02. The molecule has 9 heteroatoms. The number of carbonyl (C=O) groups excluding carboxylic acids is 2. The molecule has 2 aromatic rings. The third-order valence-corrected chi connectivity index (χ3v) is 3.39. The summed E-state index contributed by atoms with van der Waals surface area (Å²) >= 11 is 0. The van der Waals surface area contributed by atoms with Gasteiger partial charge in [0.2, 0.25) is 0 Å². The molecule has 6 nitrogen and oxygen atoms in total. The van der Waals surface area contributed by atoms with E-state index in [1.807, 2.05) is 0 Å². The molecule has 0 bridgehead atoms. The lowest BCUT2D eigenvalue weighted by Crippen LogP contribution is -2.37. The Kier molecular flexibility index (Phi) is 6.64. The Morgan fingerprint density at radius 1 is 0.926 bits per heavy atom. The van der Waals surface area contributed by atoms with Crippen LogP contribution in [0.25, 0.3) is 0 Å². The second-order valence-electron chi connectivity index (χ2n) is 5.31. The lowest BCUT2D eigenvalue weighted by molar-refractivity contribution is -0.137. The van der Waals surface area contributed by atoms with E-state index < -0.39 is 23.6 Å². The summed E-state index contributed by atoms with van der Waals surface area (Å²) in [6.07, 6.45) is -4.47. The number of methoxy groups -OCH3 is 1. The average molecular weight is 382 g/mol. The van der Waals surface area contributed by atoms with Gasteiger partial charge in [0.05, 0.1) is 19.2 Å². The molecule has 0 aliphatic rings.